The maximum absolute atomic E-state index is 6.46. The molecule has 0 spiro atoms. The highest BCUT2D eigenvalue weighted by Gasteiger charge is 2.27. The highest BCUT2D eigenvalue weighted by atomic mass is 14.8. The molecule has 0 aromatic heterocycles. The Morgan fingerprint density at radius 2 is 1.41 bits per heavy atom. The van der Waals surface area contributed by atoms with Gasteiger partial charge in [0.05, 0.1) is 5.54 Å². The number of hydrogen-bond donors (Lipinski definition) is 2. The minimum absolute atomic E-state index is 0.389. The van der Waals surface area contributed by atoms with Crippen LogP contribution >= 0.6 is 0 Å². The highest BCUT2D eigenvalue weighted by molar-refractivity contribution is 5.39. The molecule has 0 radical (unpaired) electrons. The fourth-order valence-electron chi connectivity index (χ4n) is 1.99. The van der Waals surface area contributed by atoms with E-state index < -0.39 is 5.54 Å². The lowest BCUT2D eigenvalue weighted by Gasteiger charge is -2.29. The van der Waals surface area contributed by atoms with E-state index in [-0.39, 0.29) is 0 Å². The molecule has 4 N–H and O–H groups in total. The average Bonchev–Trinajstić information content (AvgIpc) is 2.40. The molecule has 17 heavy (non-hydrogen) atoms. The van der Waals surface area contributed by atoms with Crippen LogP contribution in [-0.4, -0.2) is 6.54 Å². The third-order valence-corrected chi connectivity index (χ3v) is 3.18. The lowest BCUT2D eigenvalue weighted by atomic mass is 9.83. The summed E-state index contributed by atoms with van der Waals surface area (Å²) in [6.45, 7) is 2.45. The van der Waals surface area contributed by atoms with E-state index in [0.29, 0.717) is 6.54 Å². The Bertz CT molecular complexity index is 476. The fourth-order valence-corrected chi connectivity index (χ4v) is 1.99. The second-order valence-electron chi connectivity index (χ2n) is 4.41. The van der Waals surface area contributed by atoms with E-state index >= 15 is 0 Å². The molecule has 2 aromatic rings. The summed E-state index contributed by atoms with van der Waals surface area (Å²) in [5.74, 6) is 0. The number of rotatable bonds is 3. The molecule has 0 saturated heterocycles. The fraction of sp³-hybridized carbons (Fsp3) is 0.200. The van der Waals surface area contributed by atoms with Gasteiger partial charge in [-0.1, -0.05) is 60.2 Å². The molecular formula is C15H18N2. The molecule has 0 fully saturated rings. The maximum atomic E-state index is 6.46. The Morgan fingerprint density at radius 3 is 1.94 bits per heavy atom. The number of hydrogen-bond acceptors (Lipinski definition) is 2. The predicted octanol–water partition coefficient (Wildman–Crippen LogP) is 2.16. The topological polar surface area (TPSA) is 52.0 Å². The molecule has 2 heteroatoms. The number of benzene rings is 2. The van der Waals surface area contributed by atoms with E-state index in [1.165, 1.54) is 5.56 Å². The molecule has 0 aliphatic carbocycles. The summed E-state index contributed by atoms with van der Waals surface area (Å²) in [4.78, 5) is 0. The van der Waals surface area contributed by atoms with Crippen molar-refractivity contribution in [1.82, 2.24) is 0 Å². The quantitative estimate of drug-likeness (QED) is 0.842. The van der Waals surface area contributed by atoms with Crippen LogP contribution in [0.1, 0.15) is 16.7 Å². The average molecular weight is 226 g/mol. The van der Waals surface area contributed by atoms with Gasteiger partial charge in [-0.25, -0.2) is 0 Å². The van der Waals surface area contributed by atoms with Gasteiger partial charge in [0.25, 0.3) is 0 Å². The van der Waals surface area contributed by atoms with Crippen LogP contribution in [0.15, 0.2) is 54.6 Å². The molecule has 2 rings (SSSR count). The monoisotopic (exact) mass is 226 g/mol. The molecule has 0 saturated carbocycles. The lowest BCUT2D eigenvalue weighted by Crippen LogP contribution is -2.45. The van der Waals surface area contributed by atoms with Gasteiger partial charge in [0.15, 0.2) is 0 Å². The van der Waals surface area contributed by atoms with Crippen LogP contribution in [0.25, 0.3) is 0 Å². The van der Waals surface area contributed by atoms with E-state index in [2.05, 4.69) is 31.2 Å². The van der Waals surface area contributed by atoms with Gasteiger partial charge in [0.1, 0.15) is 0 Å². The Balaban J connectivity index is 2.48. The van der Waals surface area contributed by atoms with Gasteiger partial charge in [0, 0.05) is 6.54 Å². The third-order valence-electron chi connectivity index (χ3n) is 3.18. The SMILES string of the molecule is Cc1ccc(C(N)(CN)c2ccccc2)cc1. The first-order chi connectivity index (χ1) is 8.16. The summed E-state index contributed by atoms with van der Waals surface area (Å²) in [5.41, 5.74) is 15.1. The minimum Gasteiger partial charge on any atom is -0.328 e. The molecule has 0 amide bonds. The van der Waals surface area contributed by atoms with Crippen LogP contribution in [0.2, 0.25) is 0 Å². The molecule has 1 atom stereocenters. The van der Waals surface area contributed by atoms with Crippen molar-refractivity contribution in [2.75, 3.05) is 6.54 Å². The molecule has 0 aliphatic heterocycles. The third kappa shape index (κ3) is 2.23. The molecule has 0 bridgehead atoms. The second kappa shape index (κ2) is 4.70. The summed E-state index contributed by atoms with van der Waals surface area (Å²) in [7, 11) is 0. The summed E-state index contributed by atoms with van der Waals surface area (Å²) in [5, 5.41) is 0. The van der Waals surface area contributed by atoms with Gasteiger partial charge in [0.2, 0.25) is 0 Å². The van der Waals surface area contributed by atoms with Crippen molar-refractivity contribution < 1.29 is 0 Å². The molecule has 88 valence electrons. The van der Waals surface area contributed by atoms with E-state index in [1.807, 2.05) is 30.3 Å². The number of nitrogens with two attached hydrogens (primary N) is 2. The molecule has 2 aromatic carbocycles. The summed E-state index contributed by atoms with van der Waals surface area (Å²) < 4.78 is 0. The van der Waals surface area contributed by atoms with E-state index in [0.717, 1.165) is 11.1 Å². The first-order valence-corrected chi connectivity index (χ1v) is 5.78. The first-order valence-electron chi connectivity index (χ1n) is 5.78. The molecule has 2 nitrogen and oxygen atoms in total. The highest BCUT2D eigenvalue weighted by Crippen LogP contribution is 2.25. The van der Waals surface area contributed by atoms with Crippen LogP contribution in [0.4, 0.5) is 0 Å². The Hall–Kier alpha value is -1.64. The van der Waals surface area contributed by atoms with Crippen molar-refractivity contribution in [1.29, 1.82) is 0 Å². The molecule has 0 heterocycles. The Labute approximate surface area is 102 Å². The van der Waals surface area contributed by atoms with Gasteiger partial charge in [-0.3, -0.25) is 0 Å². The summed E-state index contributed by atoms with van der Waals surface area (Å²) >= 11 is 0. The summed E-state index contributed by atoms with van der Waals surface area (Å²) in [6, 6.07) is 18.2. The van der Waals surface area contributed by atoms with Crippen molar-refractivity contribution in [2.45, 2.75) is 12.5 Å². The van der Waals surface area contributed by atoms with Gasteiger partial charge < -0.3 is 11.5 Å². The zero-order chi connectivity index (χ0) is 12.3. The first kappa shape index (κ1) is 11.8. The minimum atomic E-state index is -0.602. The van der Waals surface area contributed by atoms with Crippen LogP contribution < -0.4 is 11.5 Å². The Morgan fingerprint density at radius 1 is 0.882 bits per heavy atom. The zero-order valence-electron chi connectivity index (χ0n) is 10.1. The van der Waals surface area contributed by atoms with Crippen LogP contribution in [0.5, 0.6) is 0 Å². The van der Waals surface area contributed by atoms with Gasteiger partial charge in [-0.05, 0) is 18.1 Å². The molecular weight excluding hydrogens is 208 g/mol. The van der Waals surface area contributed by atoms with E-state index in [4.69, 9.17) is 11.5 Å². The summed E-state index contributed by atoms with van der Waals surface area (Å²) in [6.07, 6.45) is 0. The van der Waals surface area contributed by atoms with Crippen LogP contribution in [0.3, 0.4) is 0 Å². The number of aryl methyl sites for hydroxylation is 1. The van der Waals surface area contributed by atoms with Crippen molar-refractivity contribution in [3.63, 3.8) is 0 Å². The van der Waals surface area contributed by atoms with Crippen LogP contribution in [-0.2, 0) is 5.54 Å². The van der Waals surface area contributed by atoms with E-state index in [1.54, 1.807) is 0 Å². The van der Waals surface area contributed by atoms with Crippen molar-refractivity contribution in [2.24, 2.45) is 11.5 Å². The van der Waals surface area contributed by atoms with Gasteiger partial charge in [-0.15, -0.1) is 0 Å². The van der Waals surface area contributed by atoms with Crippen molar-refractivity contribution in [3.8, 4) is 0 Å². The lowest BCUT2D eigenvalue weighted by molar-refractivity contribution is 0.551. The normalized spacial score (nSPS) is 14.3. The predicted molar refractivity (Wildman–Crippen MR) is 71.6 cm³/mol. The molecule has 0 aliphatic rings. The largest absolute Gasteiger partial charge is 0.328 e. The van der Waals surface area contributed by atoms with Crippen molar-refractivity contribution >= 4 is 0 Å². The van der Waals surface area contributed by atoms with Crippen LogP contribution in [0, 0.1) is 6.92 Å². The van der Waals surface area contributed by atoms with Gasteiger partial charge in [-0.2, -0.15) is 0 Å². The Kier molecular flexibility index (Phi) is 3.27. The second-order valence-corrected chi connectivity index (χ2v) is 4.41. The maximum Gasteiger partial charge on any atom is 0.0789 e. The van der Waals surface area contributed by atoms with E-state index in [9.17, 15) is 0 Å². The molecule has 1 unspecified atom stereocenters. The zero-order valence-corrected chi connectivity index (χ0v) is 10.1. The van der Waals surface area contributed by atoms with Gasteiger partial charge >= 0.3 is 0 Å². The van der Waals surface area contributed by atoms with Crippen molar-refractivity contribution in [3.05, 3.63) is 71.3 Å². The standard InChI is InChI=1S/C15H18N2/c1-12-7-9-14(10-8-12)15(17,11-16)13-5-3-2-4-6-13/h2-10H,11,16-17H2,1H3. The smallest absolute Gasteiger partial charge is 0.0789 e.